The summed E-state index contributed by atoms with van der Waals surface area (Å²) < 4.78 is 5.12. The molecule has 0 spiro atoms. The van der Waals surface area contributed by atoms with Crippen LogP contribution >= 0.6 is 23.2 Å². The van der Waals surface area contributed by atoms with E-state index in [0.29, 0.717) is 30.1 Å². The third-order valence-corrected chi connectivity index (χ3v) is 5.07. The van der Waals surface area contributed by atoms with E-state index in [2.05, 4.69) is 10.6 Å². The number of nitrogens with zero attached hydrogens (tertiary/aromatic N) is 1. The lowest BCUT2D eigenvalue weighted by molar-refractivity contribution is -0.118. The molecule has 1 atom stereocenters. The van der Waals surface area contributed by atoms with Crippen molar-refractivity contribution < 1.29 is 19.1 Å². The molecule has 0 aromatic heterocycles. The second kappa shape index (κ2) is 9.62. The van der Waals surface area contributed by atoms with Gasteiger partial charge in [-0.15, -0.1) is 0 Å². The van der Waals surface area contributed by atoms with Crippen molar-refractivity contribution in [2.24, 2.45) is 0 Å². The fourth-order valence-corrected chi connectivity index (χ4v) is 3.16. The number of rotatable bonds is 7. The topological polar surface area (TPSA) is 87.7 Å². The summed E-state index contributed by atoms with van der Waals surface area (Å²) in [5.41, 5.74) is 1.25. The lowest BCUT2D eigenvalue weighted by Gasteiger charge is -2.14. The Morgan fingerprint density at radius 1 is 1.10 bits per heavy atom. The minimum atomic E-state index is -0.668. The molecule has 1 fully saturated rings. The Bertz CT molecular complexity index is 908. The van der Waals surface area contributed by atoms with Crippen LogP contribution < -0.4 is 15.5 Å². The van der Waals surface area contributed by atoms with Gasteiger partial charge in [-0.25, -0.2) is 14.5 Å². The number of amides is 4. The number of anilines is 1. The van der Waals surface area contributed by atoms with Gasteiger partial charge in [0.2, 0.25) is 0 Å². The lowest BCUT2D eigenvalue weighted by atomic mass is 10.1. The number of benzene rings is 2. The molecule has 1 saturated heterocycles. The maximum atomic E-state index is 12.6. The summed E-state index contributed by atoms with van der Waals surface area (Å²) in [6.45, 7) is 0.502. The first-order valence-electron chi connectivity index (χ1n) is 9.00. The number of ether oxygens (including phenoxy) is 1. The van der Waals surface area contributed by atoms with Gasteiger partial charge in [-0.05, 0) is 36.6 Å². The van der Waals surface area contributed by atoms with Crippen LogP contribution in [0, 0.1) is 0 Å². The van der Waals surface area contributed by atoms with E-state index in [-0.39, 0.29) is 17.5 Å². The van der Waals surface area contributed by atoms with Gasteiger partial charge >= 0.3 is 12.1 Å². The Kier molecular flexibility index (Phi) is 6.95. The Hall–Kier alpha value is -2.77. The Balaban J connectivity index is 1.43. The molecule has 29 heavy (non-hydrogen) atoms. The van der Waals surface area contributed by atoms with E-state index >= 15 is 0 Å². The van der Waals surface area contributed by atoms with Crippen LogP contribution in [0.4, 0.5) is 15.3 Å². The molecule has 0 bridgehead atoms. The van der Waals surface area contributed by atoms with Crippen molar-refractivity contribution in [2.75, 3.05) is 11.4 Å². The first-order chi connectivity index (χ1) is 14.0. The van der Waals surface area contributed by atoms with Crippen LogP contribution in [0.3, 0.4) is 0 Å². The summed E-state index contributed by atoms with van der Waals surface area (Å²) in [6, 6.07) is 12.7. The average Bonchev–Trinajstić information content (AvgIpc) is 3.00. The van der Waals surface area contributed by atoms with Crippen molar-refractivity contribution in [1.82, 2.24) is 10.6 Å². The van der Waals surface area contributed by atoms with Gasteiger partial charge in [0, 0.05) is 6.54 Å². The molecule has 1 heterocycles. The normalized spacial score (nSPS) is 15.9. The van der Waals surface area contributed by atoms with Crippen molar-refractivity contribution in [3.63, 3.8) is 0 Å². The number of halogens is 2. The van der Waals surface area contributed by atoms with Gasteiger partial charge in [0.25, 0.3) is 5.91 Å². The highest BCUT2D eigenvalue weighted by atomic mass is 35.5. The van der Waals surface area contributed by atoms with E-state index in [1.54, 1.807) is 6.07 Å². The third-order valence-electron chi connectivity index (χ3n) is 4.33. The zero-order valence-corrected chi connectivity index (χ0v) is 16.9. The number of hydrogen-bond donors (Lipinski definition) is 2. The summed E-state index contributed by atoms with van der Waals surface area (Å²) in [7, 11) is 0. The highest BCUT2D eigenvalue weighted by molar-refractivity contribution is 6.42. The number of urea groups is 1. The number of imide groups is 1. The maximum Gasteiger partial charge on any atom is 0.407 e. The summed E-state index contributed by atoms with van der Waals surface area (Å²) in [6.07, 6.45) is 0.335. The van der Waals surface area contributed by atoms with Crippen LogP contribution in [-0.2, 0) is 16.1 Å². The number of hydrogen-bond acceptors (Lipinski definition) is 4. The molecule has 4 amide bonds. The number of carbonyl (C=O) groups is 3. The van der Waals surface area contributed by atoms with E-state index in [0.717, 1.165) is 10.5 Å². The van der Waals surface area contributed by atoms with Crippen molar-refractivity contribution in [3.8, 4) is 0 Å². The van der Waals surface area contributed by atoms with Gasteiger partial charge in [0.15, 0.2) is 0 Å². The highest BCUT2D eigenvalue weighted by Gasteiger charge is 2.38. The summed E-state index contributed by atoms with van der Waals surface area (Å²) in [5.74, 6) is -0.375. The third kappa shape index (κ3) is 5.40. The standard InChI is InChI=1S/C20H19Cl2N3O4/c21-15-9-8-14(11-16(15)22)25-18(26)17(24-19(25)27)7-4-10-23-20(28)29-12-13-5-2-1-3-6-13/h1-3,5-6,8-9,11,17H,4,7,10,12H2,(H,23,28)(H,24,27). The Labute approximate surface area is 177 Å². The van der Waals surface area contributed by atoms with E-state index in [1.165, 1.54) is 12.1 Å². The first kappa shape index (κ1) is 21.0. The Morgan fingerprint density at radius 2 is 1.86 bits per heavy atom. The van der Waals surface area contributed by atoms with Crippen molar-refractivity contribution in [1.29, 1.82) is 0 Å². The molecule has 3 rings (SSSR count). The van der Waals surface area contributed by atoms with Crippen LogP contribution in [0.5, 0.6) is 0 Å². The van der Waals surface area contributed by atoms with Crippen LogP contribution in [0.15, 0.2) is 48.5 Å². The zero-order chi connectivity index (χ0) is 20.8. The number of nitrogens with one attached hydrogen (secondary N) is 2. The molecule has 2 aromatic carbocycles. The number of alkyl carbamates (subject to hydrolysis) is 1. The van der Waals surface area contributed by atoms with Crippen molar-refractivity contribution in [3.05, 3.63) is 64.1 Å². The molecule has 0 saturated carbocycles. The molecule has 0 aliphatic carbocycles. The molecule has 1 aliphatic heterocycles. The average molecular weight is 436 g/mol. The lowest BCUT2D eigenvalue weighted by Crippen LogP contribution is -2.32. The van der Waals surface area contributed by atoms with Crippen LogP contribution in [0.25, 0.3) is 0 Å². The molecule has 2 aromatic rings. The summed E-state index contributed by atoms with van der Waals surface area (Å²) in [4.78, 5) is 37.5. The fourth-order valence-electron chi connectivity index (χ4n) is 2.87. The van der Waals surface area contributed by atoms with E-state index in [4.69, 9.17) is 27.9 Å². The fraction of sp³-hybridized carbons (Fsp3) is 0.250. The van der Waals surface area contributed by atoms with E-state index < -0.39 is 18.2 Å². The van der Waals surface area contributed by atoms with E-state index in [9.17, 15) is 14.4 Å². The van der Waals surface area contributed by atoms with Gasteiger partial charge in [0.05, 0.1) is 15.7 Å². The van der Waals surface area contributed by atoms with Gasteiger partial charge in [-0.3, -0.25) is 4.79 Å². The number of carbonyl (C=O) groups excluding carboxylic acids is 3. The van der Waals surface area contributed by atoms with Crippen LogP contribution in [0.1, 0.15) is 18.4 Å². The van der Waals surface area contributed by atoms with Crippen LogP contribution in [0.2, 0.25) is 10.0 Å². The SMILES string of the molecule is O=C(NCCCC1NC(=O)N(c2ccc(Cl)c(Cl)c2)C1=O)OCc1ccccc1. The molecular formula is C20H19Cl2N3O4. The molecule has 9 heteroatoms. The molecule has 7 nitrogen and oxygen atoms in total. The first-order valence-corrected chi connectivity index (χ1v) is 9.75. The molecule has 1 unspecified atom stereocenters. The van der Waals surface area contributed by atoms with Crippen LogP contribution in [-0.4, -0.2) is 30.6 Å². The quantitative estimate of drug-likeness (QED) is 0.505. The minimum Gasteiger partial charge on any atom is -0.445 e. The minimum absolute atomic E-state index is 0.183. The molecular weight excluding hydrogens is 417 g/mol. The van der Waals surface area contributed by atoms with Gasteiger partial charge in [-0.1, -0.05) is 53.5 Å². The van der Waals surface area contributed by atoms with Crippen molar-refractivity contribution in [2.45, 2.75) is 25.5 Å². The monoisotopic (exact) mass is 435 g/mol. The predicted octanol–water partition coefficient (Wildman–Crippen LogP) is 4.12. The zero-order valence-electron chi connectivity index (χ0n) is 15.4. The second-order valence-corrected chi connectivity index (χ2v) is 7.22. The van der Waals surface area contributed by atoms with Crippen molar-refractivity contribution >= 4 is 46.9 Å². The second-order valence-electron chi connectivity index (χ2n) is 6.40. The smallest absolute Gasteiger partial charge is 0.407 e. The van der Waals surface area contributed by atoms with Gasteiger partial charge in [0.1, 0.15) is 12.6 Å². The van der Waals surface area contributed by atoms with Gasteiger partial charge < -0.3 is 15.4 Å². The largest absolute Gasteiger partial charge is 0.445 e. The molecule has 2 N–H and O–H groups in total. The molecule has 1 aliphatic rings. The highest BCUT2D eigenvalue weighted by Crippen LogP contribution is 2.29. The maximum absolute atomic E-state index is 12.6. The molecule has 152 valence electrons. The summed E-state index contributed by atoms with van der Waals surface area (Å²) >= 11 is 11.8. The van der Waals surface area contributed by atoms with E-state index in [1.807, 2.05) is 30.3 Å². The predicted molar refractivity (Wildman–Crippen MR) is 110 cm³/mol. The molecule has 0 radical (unpaired) electrons. The summed E-state index contributed by atoms with van der Waals surface area (Å²) in [5, 5.41) is 5.86. The van der Waals surface area contributed by atoms with Gasteiger partial charge in [-0.2, -0.15) is 0 Å². The Morgan fingerprint density at radius 3 is 2.59 bits per heavy atom.